The Morgan fingerprint density at radius 3 is 2.91 bits per heavy atom. The summed E-state index contributed by atoms with van der Waals surface area (Å²) in [4.78, 5) is 17.9. The molecule has 0 N–H and O–H groups in total. The highest BCUT2D eigenvalue weighted by atomic mass is 32.1. The first-order chi connectivity index (χ1) is 10.6. The van der Waals surface area contributed by atoms with Crippen LogP contribution < -0.4 is 0 Å². The molecule has 2 saturated heterocycles. The second-order valence-corrected chi connectivity index (χ2v) is 7.25. The first-order valence-corrected chi connectivity index (χ1v) is 8.82. The Kier molecular flexibility index (Phi) is 4.66. The molecule has 3 heterocycles. The van der Waals surface area contributed by atoms with Gasteiger partial charge in [-0.25, -0.2) is 0 Å². The molecule has 1 aromatic heterocycles. The average molecular weight is 320 g/mol. The van der Waals surface area contributed by atoms with E-state index in [-0.39, 0.29) is 24.2 Å². The lowest BCUT2D eigenvalue weighted by atomic mass is 9.82. The van der Waals surface area contributed by atoms with Crippen molar-refractivity contribution in [3.05, 3.63) is 35.0 Å². The molecule has 2 aliphatic heterocycles. The Morgan fingerprint density at radius 1 is 1.50 bits per heavy atom. The van der Waals surface area contributed by atoms with E-state index < -0.39 is 0 Å². The van der Waals surface area contributed by atoms with Crippen molar-refractivity contribution in [1.29, 1.82) is 0 Å². The zero-order valence-electron chi connectivity index (χ0n) is 13.2. The van der Waals surface area contributed by atoms with Crippen LogP contribution in [0.15, 0.2) is 30.2 Å². The molecule has 0 radical (unpaired) electrons. The number of thiophene rings is 1. The molecule has 0 bridgehead atoms. The molecule has 1 atom stereocenters. The SMILES string of the molecule is C=CCN1C(=O)COC2(CCN(Cc3cccs3)CC2)[C@H]1C. The molecule has 3 rings (SSSR count). The number of rotatable bonds is 4. The molecule has 1 spiro atoms. The molecule has 0 saturated carbocycles. The first-order valence-electron chi connectivity index (χ1n) is 7.94. The summed E-state index contributed by atoms with van der Waals surface area (Å²) in [6.07, 6.45) is 3.78. The third kappa shape index (κ3) is 2.98. The summed E-state index contributed by atoms with van der Waals surface area (Å²) in [6.45, 7) is 9.79. The molecule has 120 valence electrons. The van der Waals surface area contributed by atoms with Gasteiger partial charge in [0.15, 0.2) is 0 Å². The normalized spacial score (nSPS) is 25.6. The van der Waals surface area contributed by atoms with Gasteiger partial charge in [-0.15, -0.1) is 17.9 Å². The van der Waals surface area contributed by atoms with Crippen LogP contribution in [0.2, 0.25) is 0 Å². The molecule has 1 amide bonds. The van der Waals surface area contributed by atoms with Gasteiger partial charge in [-0.05, 0) is 31.2 Å². The smallest absolute Gasteiger partial charge is 0.249 e. The van der Waals surface area contributed by atoms with Crippen LogP contribution in [0.4, 0.5) is 0 Å². The van der Waals surface area contributed by atoms with Crippen LogP contribution in [0, 0.1) is 0 Å². The van der Waals surface area contributed by atoms with E-state index in [1.807, 2.05) is 16.2 Å². The average Bonchev–Trinajstić information content (AvgIpc) is 3.03. The summed E-state index contributed by atoms with van der Waals surface area (Å²) >= 11 is 1.81. The minimum atomic E-state index is -0.178. The first kappa shape index (κ1) is 15.7. The van der Waals surface area contributed by atoms with Crippen molar-refractivity contribution in [3.63, 3.8) is 0 Å². The minimum absolute atomic E-state index is 0.0824. The number of amides is 1. The summed E-state index contributed by atoms with van der Waals surface area (Å²) in [5, 5.41) is 2.13. The van der Waals surface area contributed by atoms with Crippen LogP contribution in [0.25, 0.3) is 0 Å². The maximum atomic E-state index is 12.0. The van der Waals surface area contributed by atoms with E-state index in [1.165, 1.54) is 4.88 Å². The Bertz CT molecular complexity index is 521. The molecule has 22 heavy (non-hydrogen) atoms. The number of hydrogen-bond donors (Lipinski definition) is 0. The Morgan fingerprint density at radius 2 is 2.27 bits per heavy atom. The van der Waals surface area contributed by atoms with Crippen LogP contribution >= 0.6 is 11.3 Å². The lowest BCUT2D eigenvalue weighted by Crippen LogP contribution is -2.63. The highest BCUT2D eigenvalue weighted by Gasteiger charge is 2.47. The largest absolute Gasteiger partial charge is 0.363 e. The predicted molar refractivity (Wildman–Crippen MR) is 88.9 cm³/mol. The van der Waals surface area contributed by atoms with Crippen molar-refractivity contribution in [2.24, 2.45) is 0 Å². The molecular weight excluding hydrogens is 296 g/mol. The minimum Gasteiger partial charge on any atom is -0.363 e. The van der Waals surface area contributed by atoms with Gasteiger partial charge >= 0.3 is 0 Å². The van der Waals surface area contributed by atoms with Gasteiger partial charge in [-0.3, -0.25) is 9.69 Å². The van der Waals surface area contributed by atoms with Crippen molar-refractivity contribution in [3.8, 4) is 0 Å². The maximum absolute atomic E-state index is 12.0. The molecule has 0 aliphatic carbocycles. The maximum Gasteiger partial charge on any atom is 0.249 e. The lowest BCUT2D eigenvalue weighted by Gasteiger charge is -2.51. The Hall–Kier alpha value is -1.17. The van der Waals surface area contributed by atoms with Gasteiger partial charge < -0.3 is 9.64 Å². The molecule has 0 aromatic carbocycles. The monoisotopic (exact) mass is 320 g/mol. The molecule has 2 fully saturated rings. The molecule has 2 aliphatic rings. The van der Waals surface area contributed by atoms with Gasteiger partial charge in [0.25, 0.3) is 0 Å². The van der Waals surface area contributed by atoms with Gasteiger partial charge in [-0.2, -0.15) is 0 Å². The summed E-state index contributed by atoms with van der Waals surface area (Å²) in [5.74, 6) is 0.0824. The van der Waals surface area contributed by atoms with E-state index in [9.17, 15) is 4.79 Å². The summed E-state index contributed by atoms with van der Waals surface area (Å²) in [7, 11) is 0. The zero-order valence-corrected chi connectivity index (χ0v) is 14.0. The Balaban J connectivity index is 1.63. The lowest BCUT2D eigenvalue weighted by molar-refractivity contribution is -0.185. The van der Waals surface area contributed by atoms with Gasteiger partial charge in [-0.1, -0.05) is 12.1 Å². The standard InChI is InChI=1S/C17H24N2O2S/c1-3-8-19-14(2)17(21-13-16(19)20)6-9-18(10-7-17)12-15-5-4-11-22-15/h3-5,11,14H,1,6-10,12-13H2,2H3/t14-/m1/s1. The van der Waals surface area contributed by atoms with Crippen molar-refractivity contribution >= 4 is 17.2 Å². The van der Waals surface area contributed by atoms with Crippen molar-refractivity contribution < 1.29 is 9.53 Å². The second-order valence-electron chi connectivity index (χ2n) is 6.22. The van der Waals surface area contributed by atoms with Crippen LogP contribution in [0.1, 0.15) is 24.6 Å². The van der Waals surface area contributed by atoms with Crippen molar-refractivity contribution in [2.75, 3.05) is 26.2 Å². The van der Waals surface area contributed by atoms with Gasteiger partial charge in [0.1, 0.15) is 6.61 Å². The van der Waals surface area contributed by atoms with Crippen LogP contribution in [-0.2, 0) is 16.1 Å². The zero-order chi connectivity index (χ0) is 15.6. The van der Waals surface area contributed by atoms with E-state index in [0.717, 1.165) is 32.5 Å². The molecule has 5 heteroatoms. The number of likely N-dealkylation sites (tertiary alicyclic amines) is 1. The number of ether oxygens (including phenoxy) is 1. The number of nitrogens with zero attached hydrogens (tertiary/aromatic N) is 2. The van der Waals surface area contributed by atoms with Gasteiger partial charge in [0, 0.05) is 31.1 Å². The number of morpholine rings is 1. The van der Waals surface area contributed by atoms with Crippen LogP contribution in [0.3, 0.4) is 0 Å². The molecular formula is C17H24N2O2S. The van der Waals surface area contributed by atoms with Crippen molar-refractivity contribution in [1.82, 2.24) is 9.80 Å². The molecule has 0 unspecified atom stereocenters. The van der Waals surface area contributed by atoms with Crippen LogP contribution in [0.5, 0.6) is 0 Å². The fourth-order valence-corrected chi connectivity index (χ4v) is 4.33. The van der Waals surface area contributed by atoms with E-state index >= 15 is 0 Å². The molecule has 1 aromatic rings. The third-order valence-electron chi connectivity index (χ3n) is 5.02. The fraction of sp³-hybridized carbons (Fsp3) is 0.588. The summed E-state index contributed by atoms with van der Waals surface area (Å²) < 4.78 is 6.04. The van der Waals surface area contributed by atoms with Gasteiger partial charge in [0.2, 0.25) is 5.91 Å². The quantitative estimate of drug-likeness (QED) is 0.799. The number of piperidine rings is 1. The van der Waals surface area contributed by atoms with Gasteiger partial charge in [0.05, 0.1) is 11.6 Å². The summed E-state index contributed by atoms with van der Waals surface area (Å²) in [5.41, 5.74) is -0.178. The van der Waals surface area contributed by atoms with Crippen LogP contribution in [-0.4, -0.2) is 53.6 Å². The number of hydrogen-bond acceptors (Lipinski definition) is 4. The predicted octanol–water partition coefficient (Wildman–Crippen LogP) is 2.52. The van der Waals surface area contributed by atoms with E-state index in [2.05, 4.69) is 35.9 Å². The van der Waals surface area contributed by atoms with E-state index in [4.69, 9.17) is 4.74 Å². The number of carbonyl (C=O) groups is 1. The fourth-order valence-electron chi connectivity index (χ4n) is 3.58. The van der Waals surface area contributed by atoms with Crippen molar-refractivity contribution in [2.45, 2.75) is 38.0 Å². The highest BCUT2D eigenvalue weighted by molar-refractivity contribution is 7.09. The Labute approximate surface area is 136 Å². The highest BCUT2D eigenvalue weighted by Crippen LogP contribution is 2.36. The second kappa shape index (κ2) is 6.52. The summed E-state index contributed by atoms with van der Waals surface area (Å²) in [6, 6.07) is 4.42. The topological polar surface area (TPSA) is 32.8 Å². The van der Waals surface area contributed by atoms with E-state index in [1.54, 1.807) is 6.08 Å². The number of carbonyl (C=O) groups excluding carboxylic acids is 1. The van der Waals surface area contributed by atoms with E-state index in [0.29, 0.717) is 6.54 Å². The third-order valence-corrected chi connectivity index (χ3v) is 5.88. The molecule has 4 nitrogen and oxygen atoms in total.